The second kappa shape index (κ2) is 7.60. The first-order valence-electron chi connectivity index (χ1n) is 10.9. The van der Waals surface area contributed by atoms with Crippen molar-refractivity contribution in [1.29, 1.82) is 0 Å². The van der Waals surface area contributed by atoms with Crippen molar-refractivity contribution in [1.82, 2.24) is 10.2 Å². The average Bonchev–Trinajstić information content (AvgIpc) is 3.08. The number of nitrogens with zero attached hydrogens (tertiary/aromatic N) is 1. The van der Waals surface area contributed by atoms with Gasteiger partial charge in [0.2, 0.25) is 0 Å². The third-order valence-corrected chi connectivity index (χ3v) is 6.58. The molecule has 0 unspecified atom stereocenters. The number of hydrogen-bond donors (Lipinski definition) is 2. The van der Waals surface area contributed by atoms with Gasteiger partial charge in [0.1, 0.15) is 11.4 Å². The van der Waals surface area contributed by atoms with E-state index >= 15 is 0 Å². The van der Waals surface area contributed by atoms with Crippen LogP contribution in [0.5, 0.6) is 5.75 Å². The molecule has 2 aromatic carbocycles. The van der Waals surface area contributed by atoms with E-state index in [0.717, 1.165) is 50.3 Å². The molecule has 3 aliphatic rings. The van der Waals surface area contributed by atoms with Crippen LogP contribution >= 0.6 is 0 Å². The Kier molecular flexibility index (Phi) is 4.91. The summed E-state index contributed by atoms with van der Waals surface area (Å²) in [6.45, 7) is 6.03. The molecule has 0 radical (unpaired) electrons. The molecule has 158 valence electrons. The van der Waals surface area contributed by atoms with Crippen molar-refractivity contribution in [2.45, 2.75) is 44.0 Å². The quantitative estimate of drug-likeness (QED) is 0.814. The maximum Gasteiger partial charge on any atom is 0.255 e. The molecule has 0 bridgehead atoms. The normalized spacial score (nSPS) is 25.0. The molecule has 2 spiro atoms. The third kappa shape index (κ3) is 3.55. The van der Waals surface area contributed by atoms with Gasteiger partial charge in [-0.15, -0.1) is 0 Å². The molecule has 2 saturated heterocycles. The number of piperidine rings is 1. The number of amides is 1. The van der Waals surface area contributed by atoms with Gasteiger partial charge in [-0.05, 0) is 38.0 Å². The molecule has 2 aromatic rings. The molecule has 30 heavy (non-hydrogen) atoms. The summed E-state index contributed by atoms with van der Waals surface area (Å²) < 4.78 is 12.2. The Labute approximate surface area is 177 Å². The molecule has 0 aliphatic carbocycles. The van der Waals surface area contributed by atoms with Crippen LogP contribution in [-0.2, 0) is 11.3 Å². The fourth-order valence-electron chi connectivity index (χ4n) is 5.06. The van der Waals surface area contributed by atoms with Gasteiger partial charge in [0.25, 0.3) is 5.91 Å². The molecule has 5 rings (SSSR count). The van der Waals surface area contributed by atoms with Crippen molar-refractivity contribution in [2.75, 3.05) is 31.6 Å². The number of carbonyl (C=O) groups excluding carboxylic acids is 1. The van der Waals surface area contributed by atoms with Crippen LogP contribution in [0.2, 0.25) is 0 Å². The molecule has 1 atom stereocenters. The van der Waals surface area contributed by atoms with Gasteiger partial charge in [-0.2, -0.15) is 0 Å². The summed E-state index contributed by atoms with van der Waals surface area (Å²) in [5, 5.41) is 6.75. The van der Waals surface area contributed by atoms with Crippen molar-refractivity contribution in [3.63, 3.8) is 0 Å². The Morgan fingerprint density at radius 1 is 1.07 bits per heavy atom. The van der Waals surface area contributed by atoms with Crippen molar-refractivity contribution in [3.05, 3.63) is 59.7 Å². The molecule has 3 heterocycles. The van der Waals surface area contributed by atoms with Gasteiger partial charge in [-0.1, -0.05) is 30.3 Å². The van der Waals surface area contributed by atoms with Crippen LogP contribution in [0, 0.1) is 0 Å². The molecular formula is C24H29N3O3. The fourth-order valence-corrected chi connectivity index (χ4v) is 5.06. The largest absolute Gasteiger partial charge is 0.494 e. The van der Waals surface area contributed by atoms with Gasteiger partial charge in [0, 0.05) is 37.3 Å². The SMILES string of the molecule is CCOc1ccccc1CN1CCC2(CC1)C[C@@]1(CO2)NC(=O)c2ccccc2N1. The highest BCUT2D eigenvalue weighted by Gasteiger charge is 2.53. The molecule has 2 N–H and O–H groups in total. The van der Waals surface area contributed by atoms with Gasteiger partial charge in [0.05, 0.1) is 24.4 Å². The van der Waals surface area contributed by atoms with Crippen LogP contribution in [0.15, 0.2) is 48.5 Å². The number of fused-ring (bicyclic) bond motifs is 1. The molecule has 6 nitrogen and oxygen atoms in total. The predicted molar refractivity (Wildman–Crippen MR) is 116 cm³/mol. The highest BCUT2D eigenvalue weighted by Crippen LogP contribution is 2.43. The smallest absolute Gasteiger partial charge is 0.255 e. The first-order valence-corrected chi connectivity index (χ1v) is 10.9. The molecule has 3 aliphatic heterocycles. The van der Waals surface area contributed by atoms with Gasteiger partial charge in [-0.3, -0.25) is 9.69 Å². The number of nitrogens with one attached hydrogen (secondary N) is 2. The van der Waals surface area contributed by atoms with Crippen molar-refractivity contribution in [2.24, 2.45) is 0 Å². The lowest BCUT2D eigenvalue weighted by Crippen LogP contribution is -2.59. The number of hydrogen-bond acceptors (Lipinski definition) is 5. The van der Waals surface area contributed by atoms with E-state index in [4.69, 9.17) is 9.47 Å². The lowest BCUT2D eigenvalue weighted by atomic mass is 9.84. The molecule has 0 saturated carbocycles. The van der Waals surface area contributed by atoms with E-state index in [0.29, 0.717) is 18.8 Å². The molecule has 6 heteroatoms. The second-order valence-electron chi connectivity index (χ2n) is 8.67. The number of carbonyl (C=O) groups is 1. The molecule has 0 aromatic heterocycles. The Bertz CT molecular complexity index is 939. The van der Waals surface area contributed by atoms with E-state index in [1.54, 1.807) is 0 Å². The summed E-state index contributed by atoms with van der Waals surface area (Å²) in [4.78, 5) is 15.1. The summed E-state index contributed by atoms with van der Waals surface area (Å²) in [5.74, 6) is 0.958. The van der Waals surface area contributed by atoms with E-state index in [9.17, 15) is 4.79 Å². The first kappa shape index (κ1) is 19.4. The lowest BCUT2D eigenvalue weighted by molar-refractivity contribution is -0.0453. The van der Waals surface area contributed by atoms with Crippen LogP contribution in [0.25, 0.3) is 0 Å². The number of likely N-dealkylation sites (tertiary alicyclic amines) is 1. The number of para-hydroxylation sites is 2. The summed E-state index contributed by atoms with van der Waals surface area (Å²) in [6.07, 6.45) is 2.72. The van der Waals surface area contributed by atoms with Gasteiger partial charge >= 0.3 is 0 Å². The van der Waals surface area contributed by atoms with E-state index in [2.05, 4.69) is 27.7 Å². The summed E-state index contributed by atoms with van der Waals surface area (Å²) >= 11 is 0. The zero-order valence-corrected chi connectivity index (χ0v) is 17.4. The summed E-state index contributed by atoms with van der Waals surface area (Å²) in [6, 6.07) is 16.0. The van der Waals surface area contributed by atoms with Crippen LogP contribution < -0.4 is 15.4 Å². The van der Waals surface area contributed by atoms with E-state index < -0.39 is 5.66 Å². The molecule has 1 amide bonds. The van der Waals surface area contributed by atoms with Crippen LogP contribution in [-0.4, -0.2) is 48.4 Å². The fraction of sp³-hybridized carbons (Fsp3) is 0.458. The minimum absolute atomic E-state index is 0.0185. The number of benzene rings is 2. The topological polar surface area (TPSA) is 62.8 Å². The maximum atomic E-state index is 12.6. The highest BCUT2D eigenvalue weighted by molar-refractivity contribution is 6.02. The number of anilines is 1. The second-order valence-corrected chi connectivity index (χ2v) is 8.67. The average molecular weight is 408 g/mol. The van der Waals surface area contributed by atoms with E-state index in [1.807, 2.05) is 43.3 Å². The van der Waals surface area contributed by atoms with Crippen molar-refractivity contribution in [3.8, 4) is 5.75 Å². The summed E-state index contributed by atoms with van der Waals surface area (Å²) in [7, 11) is 0. The standard InChI is InChI=1S/C24H29N3O3/c1-2-29-21-10-6-3-7-18(21)15-27-13-11-23(12-14-27)16-24(17-30-23)25-20-9-5-4-8-19(20)22(28)26-24/h3-10,25H,2,11-17H2,1H3,(H,26,28)/t24-/m0/s1. The van der Waals surface area contributed by atoms with Gasteiger partial charge in [-0.25, -0.2) is 0 Å². The predicted octanol–water partition coefficient (Wildman–Crippen LogP) is 3.39. The lowest BCUT2D eigenvalue weighted by Gasteiger charge is -2.41. The maximum absolute atomic E-state index is 12.6. The third-order valence-electron chi connectivity index (χ3n) is 6.58. The van der Waals surface area contributed by atoms with Crippen LogP contribution in [0.1, 0.15) is 42.1 Å². The first-order chi connectivity index (χ1) is 14.6. The van der Waals surface area contributed by atoms with Crippen molar-refractivity contribution < 1.29 is 14.3 Å². The molecular weight excluding hydrogens is 378 g/mol. The highest BCUT2D eigenvalue weighted by atomic mass is 16.5. The zero-order chi connectivity index (χ0) is 20.6. The minimum atomic E-state index is -0.505. The minimum Gasteiger partial charge on any atom is -0.494 e. The van der Waals surface area contributed by atoms with Gasteiger partial charge < -0.3 is 20.1 Å². The zero-order valence-electron chi connectivity index (χ0n) is 17.4. The van der Waals surface area contributed by atoms with Crippen LogP contribution in [0.4, 0.5) is 5.69 Å². The van der Waals surface area contributed by atoms with Crippen LogP contribution in [0.3, 0.4) is 0 Å². The van der Waals surface area contributed by atoms with Gasteiger partial charge in [0.15, 0.2) is 0 Å². The van der Waals surface area contributed by atoms with E-state index in [-0.39, 0.29) is 11.5 Å². The molecule has 2 fully saturated rings. The summed E-state index contributed by atoms with van der Waals surface area (Å²) in [5.41, 5.74) is 2.15. The Balaban J connectivity index is 1.24. The Hall–Kier alpha value is -2.57. The number of rotatable bonds is 4. The monoisotopic (exact) mass is 407 g/mol. The van der Waals surface area contributed by atoms with Crippen molar-refractivity contribution >= 4 is 11.6 Å². The Morgan fingerprint density at radius 2 is 1.83 bits per heavy atom. The number of ether oxygens (including phenoxy) is 2. The Morgan fingerprint density at radius 3 is 2.67 bits per heavy atom. The van der Waals surface area contributed by atoms with E-state index in [1.165, 1.54) is 5.56 Å².